The van der Waals surface area contributed by atoms with Crippen molar-refractivity contribution in [1.82, 2.24) is 14.9 Å². The zero-order valence-corrected chi connectivity index (χ0v) is 20.5. The molecule has 0 atom stereocenters. The van der Waals surface area contributed by atoms with Gasteiger partial charge >= 0.3 is 0 Å². The molecule has 0 aromatic heterocycles. The summed E-state index contributed by atoms with van der Waals surface area (Å²) in [6.45, 7) is 5.99. The summed E-state index contributed by atoms with van der Waals surface area (Å²) < 4.78 is 46.6. The molecule has 184 valence electrons. The van der Waals surface area contributed by atoms with Crippen LogP contribution in [0.1, 0.15) is 54.3 Å². The predicted octanol–water partition coefficient (Wildman–Crippen LogP) is 2.95. The molecule has 1 aliphatic rings. The molecule has 1 aliphatic heterocycles. The summed E-state index contributed by atoms with van der Waals surface area (Å²) in [5.74, 6) is -0.845. The monoisotopic (exact) mass is 491 g/mol. The Kier molecular flexibility index (Phi) is 7.62. The molecule has 2 aromatic carbocycles. The number of carbonyl (C=O) groups is 2. The average Bonchev–Trinajstić information content (AvgIpc) is 2.77. The quantitative estimate of drug-likeness (QED) is 0.647. The molecule has 3 rings (SSSR count). The van der Waals surface area contributed by atoms with Gasteiger partial charge in [0.1, 0.15) is 16.5 Å². The average molecular weight is 492 g/mol. The summed E-state index contributed by atoms with van der Waals surface area (Å²) in [5.41, 5.74) is -0.0935. The van der Waals surface area contributed by atoms with Crippen molar-refractivity contribution in [1.29, 1.82) is 0 Å². The number of benzene rings is 2. The van der Waals surface area contributed by atoms with Crippen molar-refractivity contribution in [3.05, 3.63) is 59.4 Å². The van der Waals surface area contributed by atoms with Gasteiger partial charge in [0.15, 0.2) is 0 Å². The number of sulfonamides is 1. The van der Waals surface area contributed by atoms with E-state index < -0.39 is 21.4 Å². The third kappa shape index (κ3) is 6.32. The second-order valence-electron chi connectivity index (χ2n) is 9.27. The predicted molar refractivity (Wildman–Crippen MR) is 126 cm³/mol. The Morgan fingerprint density at radius 3 is 2.18 bits per heavy atom. The van der Waals surface area contributed by atoms with Crippen LogP contribution in [-0.4, -0.2) is 56.9 Å². The van der Waals surface area contributed by atoms with Crippen molar-refractivity contribution < 1.29 is 27.1 Å². The molecule has 2 aromatic rings. The second kappa shape index (κ2) is 10.1. The van der Waals surface area contributed by atoms with E-state index in [-0.39, 0.29) is 34.1 Å². The third-order valence-electron chi connectivity index (χ3n) is 5.36. The maximum atomic E-state index is 13.1. The standard InChI is InChI=1S/C24H30FN3O5S/c1-24(2,3)27-34(31,32)21-15-17(7-10-20(21)33-4)23(30)28-13-11-19(12-14-28)26-22(29)16-5-8-18(25)9-6-16/h5-10,15,19,27H,11-14H2,1-4H3,(H,26,29). The van der Waals surface area contributed by atoms with Crippen molar-refractivity contribution >= 4 is 21.8 Å². The lowest BCUT2D eigenvalue weighted by molar-refractivity contribution is 0.0697. The highest BCUT2D eigenvalue weighted by molar-refractivity contribution is 7.89. The van der Waals surface area contributed by atoms with Gasteiger partial charge in [0.25, 0.3) is 11.8 Å². The van der Waals surface area contributed by atoms with Gasteiger partial charge in [0.05, 0.1) is 7.11 Å². The Hall–Kier alpha value is -2.98. The summed E-state index contributed by atoms with van der Waals surface area (Å²) in [5, 5.41) is 2.92. The zero-order valence-electron chi connectivity index (χ0n) is 19.7. The molecule has 2 N–H and O–H groups in total. The molecule has 10 heteroatoms. The Balaban J connectivity index is 1.68. The van der Waals surface area contributed by atoms with Gasteiger partial charge < -0.3 is 15.0 Å². The molecule has 0 aliphatic carbocycles. The molecule has 0 unspecified atom stereocenters. The third-order valence-corrected chi connectivity index (χ3v) is 7.14. The molecule has 1 heterocycles. The van der Waals surface area contributed by atoms with Crippen LogP contribution in [-0.2, 0) is 10.0 Å². The van der Waals surface area contributed by atoms with E-state index >= 15 is 0 Å². The molecule has 2 amide bonds. The van der Waals surface area contributed by atoms with Crippen molar-refractivity contribution in [2.75, 3.05) is 20.2 Å². The molecular formula is C24H30FN3O5S. The van der Waals surface area contributed by atoms with Crippen LogP contribution in [0.15, 0.2) is 47.4 Å². The minimum Gasteiger partial charge on any atom is -0.495 e. The van der Waals surface area contributed by atoms with Crippen LogP contribution >= 0.6 is 0 Å². The van der Waals surface area contributed by atoms with Gasteiger partial charge in [-0.2, -0.15) is 0 Å². The Morgan fingerprint density at radius 2 is 1.62 bits per heavy atom. The number of nitrogens with one attached hydrogen (secondary N) is 2. The smallest absolute Gasteiger partial charge is 0.253 e. The van der Waals surface area contributed by atoms with Crippen LogP contribution < -0.4 is 14.8 Å². The highest BCUT2D eigenvalue weighted by Crippen LogP contribution is 2.27. The fraction of sp³-hybridized carbons (Fsp3) is 0.417. The molecule has 0 bridgehead atoms. The highest BCUT2D eigenvalue weighted by atomic mass is 32.2. The number of rotatable bonds is 6. The van der Waals surface area contributed by atoms with Gasteiger partial charge in [-0.1, -0.05) is 0 Å². The molecule has 0 radical (unpaired) electrons. The Morgan fingerprint density at radius 1 is 1.03 bits per heavy atom. The number of piperidine rings is 1. The van der Waals surface area contributed by atoms with Crippen LogP contribution in [0.3, 0.4) is 0 Å². The lowest BCUT2D eigenvalue weighted by atomic mass is 10.0. The first-order valence-electron chi connectivity index (χ1n) is 11.0. The van der Waals surface area contributed by atoms with Gasteiger partial charge in [0.2, 0.25) is 10.0 Å². The summed E-state index contributed by atoms with van der Waals surface area (Å²) in [6.07, 6.45) is 1.09. The summed E-state index contributed by atoms with van der Waals surface area (Å²) >= 11 is 0. The van der Waals surface area contributed by atoms with Crippen LogP contribution in [0.2, 0.25) is 0 Å². The van der Waals surface area contributed by atoms with Crippen LogP contribution in [0.25, 0.3) is 0 Å². The number of methoxy groups -OCH3 is 1. The fourth-order valence-corrected chi connectivity index (χ4v) is 5.37. The SMILES string of the molecule is COc1ccc(C(=O)N2CCC(NC(=O)c3ccc(F)cc3)CC2)cc1S(=O)(=O)NC(C)(C)C. The van der Waals surface area contributed by atoms with Gasteiger partial charge in [-0.25, -0.2) is 17.5 Å². The molecule has 1 fully saturated rings. The number of carbonyl (C=O) groups excluding carboxylic acids is 2. The lowest BCUT2D eigenvalue weighted by Crippen LogP contribution is -2.46. The number of amides is 2. The number of likely N-dealkylation sites (tertiary alicyclic amines) is 1. The van der Waals surface area contributed by atoms with E-state index in [2.05, 4.69) is 10.0 Å². The minimum absolute atomic E-state index is 0.0998. The first-order valence-corrected chi connectivity index (χ1v) is 12.5. The van der Waals surface area contributed by atoms with E-state index in [9.17, 15) is 22.4 Å². The van der Waals surface area contributed by atoms with E-state index in [1.807, 2.05) is 0 Å². The van der Waals surface area contributed by atoms with Crippen molar-refractivity contribution in [3.8, 4) is 5.75 Å². The van der Waals surface area contributed by atoms with E-state index in [1.54, 1.807) is 31.7 Å². The zero-order chi connectivity index (χ0) is 25.1. The van der Waals surface area contributed by atoms with Crippen LogP contribution in [0.5, 0.6) is 5.75 Å². The summed E-state index contributed by atoms with van der Waals surface area (Å²) in [4.78, 5) is 27.0. The highest BCUT2D eigenvalue weighted by Gasteiger charge is 2.29. The van der Waals surface area contributed by atoms with Gasteiger partial charge in [0, 0.05) is 35.8 Å². The number of nitrogens with zero attached hydrogens (tertiary/aromatic N) is 1. The topological polar surface area (TPSA) is 105 Å². The molecule has 0 saturated carbocycles. The summed E-state index contributed by atoms with van der Waals surface area (Å²) in [7, 11) is -2.54. The number of hydrogen-bond acceptors (Lipinski definition) is 5. The minimum atomic E-state index is -3.92. The molecule has 1 saturated heterocycles. The maximum Gasteiger partial charge on any atom is 0.253 e. The first kappa shape index (κ1) is 25.6. The van der Waals surface area contributed by atoms with Crippen molar-refractivity contribution in [2.24, 2.45) is 0 Å². The van der Waals surface area contributed by atoms with E-state index in [0.717, 1.165) is 0 Å². The maximum absolute atomic E-state index is 13.1. The van der Waals surface area contributed by atoms with Crippen LogP contribution in [0.4, 0.5) is 4.39 Å². The normalized spacial score (nSPS) is 15.1. The fourth-order valence-electron chi connectivity index (χ4n) is 3.76. The Bertz CT molecular complexity index is 1150. The molecule has 8 nitrogen and oxygen atoms in total. The first-order chi connectivity index (χ1) is 15.9. The van der Waals surface area contributed by atoms with Gasteiger partial charge in [-0.3, -0.25) is 9.59 Å². The number of halogens is 1. The molecule has 0 spiro atoms. The molecular weight excluding hydrogens is 461 g/mol. The van der Waals surface area contributed by atoms with Crippen molar-refractivity contribution in [2.45, 2.75) is 50.1 Å². The number of hydrogen-bond donors (Lipinski definition) is 2. The van der Waals surface area contributed by atoms with E-state index in [0.29, 0.717) is 31.5 Å². The van der Waals surface area contributed by atoms with E-state index in [4.69, 9.17) is 4.74 Å². The number of ether oxygens (including phenoxy) is 1. The second-order valence-corrected chi connectivity index (χ2v) is 10.9. The molecule has 34 heavy (non-hydrogen) atoms. The summed E-state index contributed by atoms with van der Waals surface area (Å²) in [6, 6.07) is 9.54. The van der Waals surface area contributed by atoms with Crippen LogP contribution in [0, 0.1) is 5.82 Å². The van der Waals surface area contributed by atoms with Gasteiger partial charge in [-0.05, 0) is 76.1 Å². The Labute approximate surface area is 199 Å². The lowest BCUT2D eigenvalue weighted by Gasteiger charge is -2.32. The van der Waals surface area contributed by atoms with E-state index in [1.165, 1.54) is 43.5 Å². The van der Waals surface area contributed by atoms with Crippen molar-refractivity contribution in [3.63, 3.8) is 0 Å². The van der Waals surface area contributed by atoms with Gasteiger partial charge in [-0.15, -0.1) is 0 Å². The largest absolute Gasteiger partial charge is 0.495 e.